The van der Waals surface area contributed by atoms with Crippen molar-refractivity contribution in [3.63, 3.8) is 0 Å². The maximum absolute atomic E-state index is 12.6. The third kappa shape index (κ3) is 4.61. The van der Waals surface area contributed by atoms with E-state index in [-0.39, 0.29) is 11.8 Å². The van der Waals surface area contributed by atoms with E-state index in [1.165, 1.54) is 12.8 Å². The molecule has 2 aliphatic rings. The number of hydrogen-bond donors (Lipinski definition) is 0. The van der Waals surface area contributed by atoms with Gasteiger partial charge in [0.25, 0.3) is 5.91 Å². The molecule has 0 saturated carbocycles. The van der Waals surface area contributed by atoms with Gasteiger partial charge >= 0.3 is 0 Å². The zero-order chi connectivity index (χ0) is 18.4. The largest absolute Gasteiger partial charge is 0.342 e. The summed E-state index contributed by atoms with van der Waals surface area (Å²) >= 11 is 0. The molecule has 26 heavy (non-hydrogen) atoms. The van der Waals surface area contributed by atoms with Crippen molar-refractivity contribution in [1.29, 1.82) is 5.26 Å². The molecule has 2 saturated heterocycles. The Hall–Kier alpha value is -2.39. The summed E-state index contributed by atoms with van der Waals surface area (Å²) in [7, 11) is 0. The molecule has 2 aliphatic heterocycles. The van der Waals surface area contributed by atoms with Crippen molar-refractivity contribution < 1.29 is 9.59 Å². The Morgan fingerprint density at radius 2 is 1.46 bits per heavy atom. The van der Waals surface area contributed by atoms with Crippen molar-refractivity contribution in [2.24, 2.45) is 0 Å². The summed E-state index contributed by atoms with van der Waals surface area (Å²) < 4.78 is 0. The van der Waals surface area contributed by atoms with Crippen molar-refractivity contribution in [2.45, 2.75) is 25.7 Å². The van der Waals surface area contributed by atoms with E-state index < -0.39 is 0 Å². The van der Waals surface area contributed by atoms with Crippen LogP contribution in [-0.4, -0.2) is 72.3 Å². The number of likely N-dealkylation sites (tertiary alicyclic amines) is 1. The molecule has 1 aromatic carbocycles. The lowest BCUT2D eigenvalue weighted by Gasteiger charge is -2.35. The van der Waals surface area contributed by atoms with Crippen LogP contribution < -0.4 is 0 Å². The molecule has 1 aromatic rings. The molecule has 0 spiro atoms. The van der Waals surface area contributed by atoms with Crippen LogP contribution >= 0.6 is 0 Å². The van der Waals surface area contributed by atoms with Gasteiger partial charge in [-0.15, -0.1) is 0 Å². The maximum Gasteiger partial charge on any atom is 0.253 e. The molecule has 3 rings (SSSR count). The fraction of sp³-hybridized carbons (Fsp3) is 0.550. The monoisotopic (exact) mass is 354 g/mol. The van der Waals surface area contributed by atoms with Gasteiger partial charge in [0.05, 0.1) is 18.2 Å². The third-order valence-electron chi connectivity index (χ3n) is 5.24. The maximum atomic E-state index is 12.6. The van der Waals surface area contributed by atoms with Crippen molar-refractivity contribution in [1.82, 2.24) is 14.7 Å². The first kappa shape index (κ1) is 18.4. The van der Waals surface area contributed by atoms with Gasteiger partial charge in [0.1, 0.15) is 0 Å². The van der Waals surface area contributed by atoms with E-state index in [9.17, 15) is 9.59 Å². The van der Waals surface area contributed by atoms with E-state index in [1.807, 2.05) is 9.80 Å². The molecule has 0 atom stereocenters. The van der Waals surface area contributed by atoms with E-state index >= 15 is 0 Å². The molecule has 0 N–H and O–H groups in total. The number of carbonyl (C=O) groups is 2. The Morgan fingerprint density at radius 1 is 0.846 bits per heavy atom. The van der Waals surface area contributed by atoms with Crippen molar-refractivity contribution >= 4 is 11.8 Å². The number of hydrogen-bond acceptors (Lipinski definition) is 4. The van der Waals surface area contributed by atoms with Crippen LogP contribution in [-0.2, 0) is 4.79 Å². The van der Waals surface area contributed by atoms with Crippen LogP contribution in [0.5, 0.6) is 0 Å². The first-order chi connectivity index (χ1) is 12.7. The predicted molar refractivity (Wildman–Crippen MR) is 98.5 cm³/mol. The van der Waals surface area contributed by atoms with E-state index in [2.05, 4.69) is 11.0 Å². The third-order valence-corrected chi connectivity index (χ3v) is 5.24. The lowest BCUT2D eigenvalue weighted by molar-refractivity contribution is -0.132. The Bertz CT molecular complexity index is 664. The first-order valence-corrected chi connectivity index (χ1v) is 9.47. The van der Waals surface area contributed by atoms with Gasteiger partial charge in [0, 0.05) is 44.8 Å². The van der Waals surface area contributed by atoms with Crippen LogP contribution in [0.15, 0.2) is 24.3 Å². The number of nitriles is 1. The molecule has 0 unspecified atom stereocenters. The Kier molecular flexibility index (Phi) is 6.24. The molecule has 138 valence electrons. The summed E-state index contributed by atoms with van der Waals surface area (Å²) in [6.45, 7) is 4.94. The molecule has 6 heteroatoms. The van der Waals surface area contributed by atoms with Gasteiger partial charge in [-0.3, -0.25) is 14.5 Å². The van der Waals surface area contributed by atoms with E-state index in [1.54, 1.807) is 24.3 Å². The Labute approximate surface area is 155 Å². The summed E-state index contributed by atoms with van der Waals surface area (Å²) in [4.78, 5) is 31.0. The predicted octanol–water partition coefficient (Wildman–Crippen LogP) is 1.72. The zero-order valence-electron chi connectivity index (χ0n) is 15.2. The molecule has 6 nitrogen and oxygen atoms in total. The molecule has 0 aliphatic carbocycles. The average Bonchev–Trinajstić information content (AvgIpc) is 2.98. The van der Waals surface area contributed by atoms with E-state index in [0.717, 1.165) is 39.0 Å². The first-order valence-electron chi connectivity index (χ1n) is 9.47. The topological polar surface area (TPSA) is 67.6 Å². The molecule has 0 aromatic heterocycles. The van der Waals surface area contributed by atoms with Gasteiger partial charge in [-0.05, 0) is 37.1 Å². The van der Waals surface area contributed by atoms with Crippen LogP contribution in [0.1, 0.15) is 41.6 Å². The van der Waals surface area contributed by atoms with Crippen molar-refractivity contribution in [2.75, 3.05) is 45.8 Å². The van der Waals surface area contributed by atoms with Crippen LogP contribution in [0.4, 0.5) is 0 Å². The van der Waals surface area contributed by atoms with E-state index in [4.69, 9.17) is 5.26 Å². The van der Waals surface area contributed by atoms with Gasteiger partial charge in [0.15, 0.2) is 0 Å². The highest BCUT2D eigenvalue weighted by Crippen LogP contribution is 2.12. The Balaban J connectivity index is 1.48. The minimum Gasteiger partial charge on any atom is -0.342 e. The summed E-state index contributed by atoms with van der Waals surface area (Å²) in [6, 6.07) is 8.81. The van der Waals surface area contributed by atoms with Gasteiger partial charge in [-0.25, -0.2) is 0 Å². The standard InChI is InChI=1S/C20H26N4O2/c21-15-17-5-7-18(8-6-17)20(26)24-13-11-22(12-14-24)16-19(25)23-9-3-1-2-4-10-23/h5-8H,1-4,9-14,16H2. The SMILES string of the molecule is N#Cc1ccc(C(=O)N2CCN(CC(=O)N3CCCCCC3)CC2)cc1. The number of amides is 2. The molecule has 0 bridgehead atoms. The number of rotatable bonds is 3. The van der Waals surface area contributed by atoms with Crippen LogP contribution in [0.25, 0.3) is 0 Å². The molecule has 0 radical (unpaired) electrons. The fourth-order valence-electron chi connectivity index (χ4n) is 3.59. The molecule has 2 heterocycles. The molecule has 2 fully saturated rings. The van der Waals surface area contributed by atoms with Crippen LogP contribution in [0, 0.1) is 11.3 Å². The van der Waals surface area contributed by atoms with Crippen molar-refractivity contribution in [3.05, 3.63) is 35.4 Å². The fourth-order valence-corrected chi connectivity index (χ4v) is 3.59. The molecular weight excluding hydrogens is 328 g/mol. The smallest absolute Gasteiger partial charge is 0.253 e. The molecular formula is C20H26N4O2. The lowest BCUT2D eigenvalue weighted by Crippen LogP contribution is -2.51. The molecule has 2 amide bonds. The van der Waals surface area contributed by atoms with Gasteiger partial charge in [0.2, 0.25) is 5.91 Å². The van der Waals surface area contributed by atoms with Crippen LogP contribution in [0.2, 0.25) is 0 Å². The second-order valence-electron chi connectivity index (χ2n) is 7.05. The summed E-state index contributed by atoms with van der Waals surface area (Å²) in [5, 5.41) is 8.84. The van der Waals surface area contributed by atoms with Crippen molar-refractivity contribution in [3.8, 4) is 6.07 Å². The minimum atomic E-state index is -0.00650. The average molecular weight is 354 g/mol. The number of carbonyl (C=O) groups excluding carboxylic acids is 2. The number of nitrogens with zero attached hydrogens (tertiary/aromatic N) is 4. The summed E-state index contributed by atoms with van der Waals surface area (Å²) in [5.74, 6) is 0.215. The van der Waals surface area contributed by atoms with E-state index in [0.29, 0.717) is 30.8 Å². The quantitative estimate of drug-likeness (QED) is 0.829. The number of benzene rings is 1. The highest BCUT2D eigenvalue weighted by atomic mass is 16.2. The zero-order valence-corrected chi connectivity index (χ0v) is 15.2. The second kappa shape index (κ2) is 8.81. The van der Waals surface area contributed by atoms with Gasteiger partial charge < -0.3 is 9.80 Å². The highest BCUT2D eigenvalue weighted by Gasteiger charge is 2.25. The summed E-state index contributed by atoms with van der Waals surface area (Å²) in [5.41, 5.74) is 1.16. The minimum absolute atomic E-state index is 0.00650. The highest BCUT2D eigenvalue weighted by molar-refractivity contribution is 5.94. The second-order valence-corrected chi connectivity index (χ2v) is 7.05. The Morgan fingerprint density at radius 3 is 2.04 bits per heavy atom. The lowest BCUT2D eigenvalue weighted by atomic mass is 10.1. The van der Waals surface area contributed by atoms with Crippen LogP contribution in [0.3, 0.4) is 0 Å². The normalized spacial score (nSPS) is 18.9. The summed E-state index contributed by atoms with van der Waals surface area (Å²) in [6.07, 6.45) is 4.66. The number of piperazine rings is 1. The van der Waals surface area contributed by atoms with Gasteiger partial charge in [-0.2, -0.15) is 5.26 Å². The van der Waals surface area contributed by atoms with Gasteiger partial charge in [-0.1, -0.05) is 12.8 Å².